The van der Waals surface area contributed by atoms with Gasteiger partial charge in [0, 0.05) is 6.92 Å². The molecule has 1 saturated heterocycles. The molecule has 2 N–H and O–H groups in total. The third-order valence-electron chi connectivity index (χ3n) is 5.53. The Hall–Kier alpha value is -4.52. The Morgan fingerprint density at radius 3 is 2.10 bits per heavy atom. The lowest BCUT2D eigenvalue weighted by molar-refractivity contribution is -0.123. The van der Waals surface area contributed by atoms with Crippen molar-refractivity contribution in [1.82, 2.24) is 15.6 Å². The summed E-state index contributed by atoms with van der Waals surface area (Å²) in [6, 6.07) is 9.31. The van der Waals surface area contributed by atoms with E-state index in [1.165, 1.54) is 13.3 Å². The smallest absolute Gasteiger partial charge is 0.286 e. The quantitative estimate of drug-likeness (QED) is 0.143. The van der Waals surface area contributed by atoms with Crippen LogP contribution in [-0.4, -0.2) is 47.9 Å². The molecule has 2 aromatic heterocycles. The van der Waals surface area contributed by atoms with Crippen molar-refractivity contribution in [2.24, 2.45) is 0 Å². The van der Waals surface area contributed by atoms with Crippen LogP contribution in [0, 0.1) is 6.92 Å². The first-order valence-electron chi connectivity index (χ1n) is 17.2. The maximum Gasteiger partial charge on any atom is 0.286 e. The zero-order valence-corrected chi connectivity index (χ0v) is 33.7. The second kappa shape index (κ2) is 32.7. The molecule has 0 spiro atoms. The van der Waals surface area contributed by atoms with E-state index in [1.54, 1.807) is 39.5 Å². The minimum atomic E-state index is -0.329. The molecule has 3 heterocycles. The molecule has 0 aliphatic carbocycles. The molecule has 1 aromatic carbocycles. The molecule has 288 valence electrons. The van der Waals surface area contributed by atoms with Crippen molar-refractivity contribution >= 4 is 35.2 Å². The van der Waals surface area contributed by atoms with Crippen LogP contribution >= 0.6 is 11.8 Å². The van der Waals surface area contributed by atoms with E-state index in [4.69, 9.17) is 18.3 Å². The fourth-order valence-corrected chi connectivity index (χ4v) is 4.23. The van der Waals surface area contributed by atoms with Crippen LogP contribution in [0.15, 0.2) is 57.8 Å². The number of nitrogens with one attached hydrogen (secondary N) is 2. The molecule has 51 heavy (non-hydrogen) atoms. The molecular formula is C38H61N3O9S. The van der Waals surface area contributed by atoms with Crippen LogP contribution in [0.3, 0.4) is 0 Å². The average molecular weight is 736 g/mol. The minimum Gasteiger partial charge on any atom is -0.502 e. The lowest BCUT2D eigenvalue weighted by Crippen LogP contribution is -2.24. The Kier molecular flexibility index (Phi) is 32.6. The number of ether oxygens (including phenoxy) is 3. The van der Waals surface area contributed by atoms with E-state index >= 15 is 0 Å². The van der Waals surface area contributed by atoms with Gasteiger partial charge in [-0.05, 0) is 62.9 Å². The summed E-state index contributed by atoms with van der Waals surface area (Å²) < 4.78 is 26.9. The molecule has 0 radical (unpaired) electrons. The van der Waals surface area contributed by atoms with E-state index in [0.29, 0.717) is 47.4 Å². The van der Waals surface area contributed by atoms with Crippen LogP contribution in [0.4, 0.5) is 4.79 Å². The normalized spacial score (nSPS) is 11.8. The van der Waals surface area contributed by atoms with E-state index in [9.17, 15) is 19.2 Å². The van der Waals surface area contributed by atoms with E-state index in [-0.39, 0.29) is 28.9 Å². The summed E-state index contributed by atoms with van der Waals surface area (Å²) >= 11 is 1.06. The summed E-state index contributed by atoms with van der Waals surface area (Å²) in [5, 5.41) is 3.64. The highest BCUT2D eigenvalue weighted by molar-refractivity contribution is 8.15. The van der Waals surface area contributed by atoms with Crippen molar-refractivity contribution in [3.05, 3.63) is 66.0 Å². The third kappa shape index (κ3) is 22.7. The second-order valence-electron chi connectivity index (χ2n) is 9.48. The van der Waals surface area contributed by atoms with Crippen LogP contribution in [0.25, 0.3) is 11.7 Å². The molecule has 12 nitrogen and oxygen atoms in total. The van der Waals surface area contributed by atoms with E-state index in [1.807, 2.05) is 72.0 Å². The molecule has 1 aliphatic heterocycles. The largest absolute Gasteiger partial charge is 0.502 e. The molecule has 0 bridgehead atoms. The SMILES string of the molecule is C=C(C)OC.CC.CC.CC.CC(=O)NC=O.CCC.COc1cc(CCCC2SC(=O)NC2=O)ccc1OCc1nc(-c2ccco2)oc1C. The number of aryl methyl sites for hydroxylation is 2. The Morgan fingerprint density at radius 1 is 1.06 bits per heavy atom. The van der Waals surface area contributed by atoms with E-state index in [0.717, 1.165) is 35.9 Å². The zero-order valence-electron chi connectivity index (χ0n) is 32.9. The monoisotopic (exact) mass is 735 g/mol. The van der Waals surface area contributed by atoms with Gasteiger partial charge < -0.3 is 23.0 Å². The summed E-state index contributed by atoms with van der Waals surface area (Å²) in [5.41, 5.74) is 1.75. The van der Waals surface area contributed by atoms with E-state index in [2.05, 4.69) is 35.5 Å². The molecule has 13 heteroatoms. The van der Waals surface area contributed by atoms with Crippen LogP contribution in [0.1, 0.15) is 106 Å². The Bertz CT molecular complexity index is 1370. The molecule has 4 amide bonds. The number of benzene rings is 1. The number of carbonyl (C=O) groups is 4. The van der Waals surface area contributed by atoms with Gasteiger partial charge in [-0.25, -0.2) is 4.98 Å². The highest BCUT2D eigenvalue weighted by Gasteiger charge is 2.30. The number of oxazole rings is 1. The number of aromatic nitrogens is 1. The highest BCUT2D eigenvalue weighted by atomic mass is 32.2. The number of carbonyl (C=O) groups excluding carboxylic acids is 4. The van der Waals surface area contributed by atoms with Gasteiger partial charge in [0.05, 0.1) is 31.5 Å². The first-order chi connectivity index (χ1) is 24.5. The van der Waals surface area contributed by atoms with Gasteiger partial charge in [-0.15, -0.1) is 0 Å². The maximum absolute atomic E-state index is 11.6. The second-order valence-corrected chi connectivity index (χ2v) is 10.7. The molecule has 4 rings (SSSR count). The van der Waals surface area contributed by atoms with Gasteiger partial charge >= 0.3 is 0 Å². The summed E-state index contributed by atoms with van der Waals surface area (Å²) in [6.07, 6.45) is 5.37. The molecule has 1 fully saturated rings. The van der Waals surface area contributed by atoms with Gasteiger partial charge in [0.2, 0.25) is 18.2 Å². The number of allylic oxidation sites excluding steroid dienone is 1. The highest BCUT2D eigenvalue weighted by Crippen LogP contribution is 2.31. The lowest BCUT2D eigenvalue weighted by Gasteiger charge is -2.12. The summed E-state index contributed by atoms with van der Waals surface area (Å²) in [6.45, 7) is 24.8. The number of nitrogens with zero attached hydrogens (tertiary/aromatic N) is 1. The number of thioether (sulfide) groups is 1. The molecule has 1 aliphatic rings. The number of furan rings is 1. The van der Waals surface area contributed by atoms with Crippen molar-refractivity contribution in [2.75, 3.05) is 14.2 Å². The molecule has 1 atom stereocenters. The number of methoxy groups -OCH3 is 2. The van der Waals surface area contributed by atoms with Gasteiger partial charge in [0.15, 0.2) is 17.3 Å². The van der Waals surface area contributed by atoms with Crippen LogP contribution in [0.5, 0.6) is 11.5 Å². The van der Waals surface area contributed by atoms with Crippen molar-refractivity contribution in [1.29, 1.82) is 0 Å². The van der Waals surface area contributed by atoms with Gasteiger partial charge in [-0.1, -0.05) is 86.2 Å². The first-order valence-corrected chi connectivity index (χ1v) is 18.1. The zero-order chi connectivity index (χ0) is 39.8. The Labute approximate surface area is 309 Å². The van der Waals surface area contributed by atoms with E-state index < -0.39 is 0 Å². The number of imide groups is 2. The van der Waals surface area contributed by atoms with Gasteiger partial charge in [0.25, 0.3) is 11.1 Å². The van der Waals surface area contributed by atoms with Crippen molar-refractivity contribution in [2.45, 2.75) is 114 Å². The lowest BCUT2D eigenvalue weighted by atomic mass is 10.1. The Morgan fingerprint density at radius 2 is 1.67 bits per heavy atom. The van der Waals surface area contributed by atoms with Gasteiger partial charge in [-0.2, -0.15) is 0 Å². The number of amides is 4. The molecular weight excluding hydrogens is 674 g/mol. The third-order valence-corrected chi connectivity index (χ3v) is 6.58. The number of hydrogen-bond donors (Lipinski definition) is 2. The fraction of sp³-hybridized carbons (Fsp3) is 0.500. The summed E-state index contributed by atoms with van der Waals surface area (Å²) in [5.74, 6) is 3.09. The number of rotatable bonds is 11. The first kappa shape index (κ1) is 50.9. The van der Waals surface area contributed by atoms with Crippen LogP contribution < -0.4 is 20.1 Å². The predicted molar refractivity (Wildman–Crippen MR) is 206 cm³/mol. The summed E-state index contributed by atoms with van der Waals surface area (Å²) in [7, 11) is 3.19. The predicted octanol–water partition coefficient (Wildman–Crippen LogP) is 9.45. The van der Waals surface area contributed by atoms with Crippen molar-refractivity contribution < 1.29 is 42.2 Å². The van der Waals surface area contributed by atoms with Crippen LogP contribution in [0.2, 0.25) is 0 Å². The standard InChI is InChI=1S/C22H22N2O6S.C4H8O.C3H5NO2.C3H8.3C2H6/c1-13-15(23-21(30-13)17-6-4-10-28-17)12-29-16-9-8-14(11-18(16)27-2)5-3-7-19-20(25)24-22(26)31-19;1-4(2)5-3;1-3(6)4-2-5;1-3-2;3*1-2/h4,6,8-11,19H,3,5,7,12H2,1-2H3,(H,24,25,26);1H2,2-3H3;2H,1H3,(H,4,5,6);3H2,1-2H3;3*1-2H3. The number of hydrogen-bond acceptors (Lipinski definition) is 11. The minimum absolute atomic E-state index is 0.199. The topological polar surface area (TPSA) is 159 Å². The molecule has 1 unspecified atom stereocenters. The summed E-state index contributed by atoms with van der Waals surface area (Å²) in [4.78, 5) is 46.3. The molecule has 3 aromatic rings. The van der Waals surface area contributed by atoms with Gasteiger partial charge in [0.1, 0.15) is 18.1 Å². The van der Waals surface area contributed by atoms with Crippen LogP contribution in [-0.2, 0) is 32.1 Å². The molecule has 0 saturated carbocycles. The van der Waals surface area contributed by atoms with Crippen molar-refractivity contribution in [3.63, 3.8) is 0 Å². The van der Waals surface area contributed by atoms with Gasteiger partial charge in [-0.3, -0.25) is 29.8 Å². The fourth-order valence-electron chi connectivity index (χ4n) is 3.36. The maximum atomic E-state index is 11.6. The Balaban J connectivity index is -0.000000960. The average Bonchev–Trinajstić information content (AvgIpc) is 3.88. The van der Waals surface area contributed by atoms with Crippen molar-refractivity contribution in [3.8, 4) is 23.1 Å².